The average molecular weight is 439 g/mol. The minimum absolute atomic E-state index is 0.0970. The SMILES string of the molecule is COc1cc(OC)cc(C(=O)N2CCC(C(=O)NN=Cc3ccc(N(C)C)cc3)CC2)c1. The molecular weight excluding hydrogens is 408 g/mol. The second kappa shape index (κ2) is 10.7. The predicted molar refractivity (Wildman–Crippen MR) is 125 cm³/mol. The van der Waals surface area contributed by atoms with Gasteiger partial charge in [-0.1, -0.05) is 12.1 Å². The summed E-state index contributed by atoms with van der Waals surface area (Å²) in [7, 11) is 7.06. The van der Waals surface area contributed by atoms with E-state index in [0.29, 0.717) is 43.0 Å². The zero-order chi connectivity index (χ0) is 23.1. The Morgan fingerprint density at radius 2 is 1.62 bits per heavy atom. The van der Waals surface area contributed by atoms with E-state index in [1.165, 1.54) is 0 Å². The first-order valence-corrected chi connectivity index (χ1v) is 10.5. The maximum Gasteiger partial charge on any atom is 0.254 e. The molecule has 2 aromatic rings. The summed E-state index contributed by atoms with van der Waals surface area (Å²) in [5.74, 6) is 0.737. The number of amides is 2. The van der Waals surface area contributed by atoms with Crippen molar-refractivity contribution >= 4 is 23.7 Å². The molecule has 8 nitrogen and oxygen atoms in total. The van der Waals surface area contributed by atoms with Gasteiger partial charge in [-0.25, -0.2) is 5.43 Å². The summed E-state index contributed by atoms with van der Waals surface area (Å²) in [6.45, 7) is 1.01. The number of piperidine rings is 1. The van der Waals surface area contributed by atoms with Gasteiger partial charge in [-0.3, -0.25) is 9.59 Å². The molecule has 1 heterocycles. The number of methoxy groups -OCH3 is 2. The van der Waals surface area contributed by atoms with E-state index in [1.807, 2.05) is 43.3 Å². The van der Waals surface area contributed by atoms with Crippen LogP contribution < -0.4 is 19.8 Å². The summed E-state index contributed by atoms with van der Waals surface area (Å²) in [6.07, 6.45) is 2.81. The summed E-state index contributed by atoms with van der Waals surface area (Å²) in [6, 6.07) is 13.0. The zero-order valence-electron chi connectivity index (χ0n) is 19.0. The van der Waals surface area contributed by atoms with Crippen LogP contribution in [-0.2, 0) is 4.79 Å². The number of benzene rings is 2. The Hall–Kier alpha value is -3.55. The van der Waals surface area contributed by atoms with Crippen molar-refractivity contribution in [1.82, 2.24) is 10.3 Å². The van der Waals surface area contributed by atoms with E-state index in [1.54, 1.807) is 43.5 Å². The van der Waals surface area contributed by atoms with Gasteiger partial charge in [0.25, 0.3) is 5.91 Å². The van der Waals surface area contributed by atoms with Crippen molar-refractivity contribution in [2.24, 2.45) is 11.0 Å². The molecule has 3 rings (SSSR count). The highest BCUT2D eigenvalue weighted by atomic mass is 16.5. The smallest absolute Gasteiger partial charge is 0.254 e. The molecule has 0 aromatic heterocycles. The third kappa shape index (κ3) is 5.78. The highest BCUT2D eigenvalue weighted by molar-refractivity contribution is 5.95. The number of hydrogen-bond acceptors (Lipinski definition) is 6. The molecule has 1 aliphatic rings. The van der Waals surface area contributed by atoms with E-state index < -0.39 is 0 Å². The number of ether oxygens (including phenoxy) is 2. The van der Waals surface area contributed by atoms with Crippen LogP contribution in [-0.4, -0.2) is 64.3 Å². The Bertz CT molecular complexity index is 942. The van der Waals surface area contributed by atoms with Crippen molar-refractivity contribution in [2.45, 2.75) is 12.8 Å². The van der Waals surface area contributed by atoms with E-state index in [-0.39, 0.29) is 17.7 Å². The average Bonchev–Trinajstić information content (AvgIpc) is 2.83. The van der Waals surface area contributed by atoms with Crippen LogP contribution in [0.15, 0.2) is 47.6 Å². The summed E-state index contributed by atoms with van der Waals surface area (Å²) in [5, 5.41) is 4.08. The molecule has 1 N–H and O–H groups in total. The molecule has 8 heteroatoms. The van der Waals surface area contributed by atoms with Gasteiger partial charge in [0.2, 0.25) is 5.91 Å². The summed E-state index contributed by atoms with van der Waals surface area (Å²) in [4.78, 5) is 29.1. The molecule has 0 radical (unpaired) electrons. The fraction of sp³-hybridized carbons (Fsp3) is 0.375. The maximum absolute atomic E-state index is 12.9. The zero-order valence-corrected chi connectivity index (χ0v) is 19.0. The largest absolute Gasteiger partial charge is 0.497 e. The fourth-order valence-corrected chi connectivity index (χ4v) is 3.58. The van der Waals surface area contributed by atoms with Gasteiger partial charge in [0.05, 0.1) is 20.4 Å². The van der Waals surface area contributed by atoms with Crippen LogP contribution in [0.25, 0.3) is 0 Å². The van der Waals surface area contributed by atoms with Crippen LogP contribution in [0.5, 0.6) is 11.5 Å². The highest BCUT2D eigenvalue weighted by Crippen LogP contribution is 2.25. The lowest BCUT2D eigenvalue weighted by molar-refractivity contribution is -0.126. The first-order chi connectivity index (χ1) is 15.4. The lowest BCUT2D eigenvalue weighted by Crippen LogP contribution is -2.42. The quantitative estimate of drug-likeness (QED) is 0.531. The molecule has 2 aromatic carbocycles. The molecule has 2 amide bonds. The summed E-state index contributed by atoms with van der Waals surface area (Å²) >= 11 is 0. The van der Waals surface area contributed by atoms with Crippen molar-refractivity contribution in [3.8, 4) is 11.5 Å². The molecule has 1 saturated heterocycles. The Morgan fingerprint density at radius 3 is 2.16 bits per heavy atom. The van der Waals surface area contributed by atoms with Gasteiger partial charge in [0.1, 0.15) is 11.5 Å². The van der Waals surface area contributed by atoms with E-state index in [4.69, 9.17) is 9.47 Å². The maximum atomic E-state index is 12.9. The second-order valence-corrected chi connectivity index (χ2v) is 7.89. The number of likely N-dealkylation sites (tertiary alicyclic amines) is 1. The Balaban J connectivity index is 1.51. The number of carbonyl (C=O) groups is 2. The molecule has 170 valence electrons. The summed E-state index contributed by atoms with van der Waals surface area (Å²) < 4.78 is 10.5. The van der Waals surface area contributed by atoms with Gasteiger partial charge in [0, 0.05) is 50.4 Å². The minimum Gasteiger partial charge on any atom is -0.497 e. The van der Waals surface area contributed by atoms with Gasteiger partial charge >= 0.3 is 0 Å². The Labute approximate surface area is 188 Å². The van der Waals surface area contributed by atoms with Crippen molar-refractivity contribution < 1.29 is 19.1 Å². The first-order valence-electron chi connectivity index (χ1n) is 10.5. The lowest BCUT2D eigenvalue weighted by atomic mass is 9.95. The minimum atomic E-state index is -0.174. The van der Waals surface area contributed by atoms with Crippen molar-refractivity contribution in [3.63, 3.8) is 0 Å². The van der Waals surface area contributed by atoms with Gasteiger partial charge < -0.3 is 19.3 Å². The molecule has 0 spiro atoms. The third-order valence-corrected chi connectivity index (χ3v) is 5.55. The van der Waals surface area contributed by atoms with Crippen LogP contribution in [0.1, 0.15) is 28.8 Å². The number of anilines is 1. The summed E-state index contributed by atoms with van der Waals surface area (Å²) in [5.41, 5.74) is 5.14. The lowest BCUT2D eigenvalue weighted by Gasteiger charge is -2.31. The standard InChI is InChI=1S/C24H30N4O4/c1-27(2)20-7-5-17(6-8-20)16-25-26-23(29)18-9-11-28(12-10-18)24(30)19-13-21(31-3)15-22(14-19)32-4/h5-8,13-16,18H,9-12H2,1-4H3,(H,26,29). The molecule has 32 heavy (non-hydrogen) atoms. The Kier molecular flexibility index (Phi) is 7.70. The first kappa shape index (κ1) is 23.1. The third-order valence-electron chi connectivity index (χ3n) is 5.55. The Morgan fingerprint density at radius 1 is 1.03 bits per heavy atom. The molecular formula is C24H30N4O4. The van der Waals surface area contributed by atoms with Gasteiger partial charge in [0.15, 0.2) is 0 Å². The number of hydrogen-bond donors (Lipinski definition) is 1. The van der Waals surface area contributed by atoms with Crippen molar-refractivity contribution in [1.29, 1.82) is 0 Å². The van der Waals surface area contributed by atoms with Crippen LogP contribution in [0.4, 0.5) is 5.69 Å². The van der Waals surface area contributed by atoms with Crippen molar-refractivity contribution in [2.75, 3.05) is 46.3 Å². The van der Waals surface area contributed by atoms with Gasteiger partial charge in [-0.2, -0.15) is 5.10 Å². The van der Waals surface area contributed by atoms with E-state index in [9.17, 15) is 9.59 Å². The van der Waals surface area contributed by atoms with Gasteiger partial charge in [-0.05, 0) is 42.7 Å². The molecule has 0 saturated carbocycles. The molecule has 0 aliphatic carbocycles. The van der Waals surface area contributed by atoms with Crippen LogP contribution in [0, 0.1) is 5.92 Å². The number of carbonyl (C=O) groups excluding carboxylic acids is 2. The fourth-order valence-electron chi connectivity index (χ4n) is 3.58. The topological polar surface area (TPSA) is 83.5 Å². The number of nitrogens with one attached hydrogen (secondary N) is 1. The van der Waals surface area contributed by atoms with E-state index in [2.05, 4.69) is 10.5 Å². The monoisotopic (exact) mass is 438 g/mol. The molecule has 0 atom stereocenters. The van der Waals surface area contributed by atoms with E-state index >= 15 is 0 Å². The molecule has 0 unspecified atom stereocenters. The molecule has 0 bridgehead atoms. The number of hydrazone groups is 1. The molecule has 1 aliphatic heterocycles. The number of rotatable bonds is 7. The number of nitrogens with zero attached hydrogens (tertiary/aromatic N) is 3. The van der Waals surface area contributed by atoms with Gasteiger partial charge in [-0.15, -0.1) is 0 Å². The van der Waals surface area contributed by atoms with Crippen LogP contribution in [0.3, 0.4) is 0 Å². The van der Waals surface area contributed by atoms with E-state index in [0.717, 1.165) is 11.3 Å². The highest BCUT2D eigenvalue weighted by Gasteiger charge is 2.28. The molecule has 1 fully saturated rings. The van der Waals surface area contributed by atoms with Crippen LogP contribution >= 0.6 is 0 Å². The van der Waals surface area contributed by atoms with Crippen molar-refractivity contribution in [3.05, 3.63) is 53.6 Å². The normalized spacial score (nSPS) is 14.3. The van der Waals surface area contributed by atoms with Crippen LogP contribution in [0.2, 0.25) is 0 Å². The predicted octanol–water partition coefficient (Wildman–Crippen LogP) is 2.77. The second-order valence-electron chi connectivity index (χ2n) is 7.89.